The number of pyridine rings is 1. The number of benzene rings is 1. The van der Waals surface area contributed by atoms with Gasteiger partial charge < -0.3 is 10.1 Å². The minimum absolute atomic E-state index is 0.678. The molecule has 1 N–H and O–H groups in total. The first-order valence-corrected chi connectivity index (χ1v) is 7.62. The molecule has 2 aromatic rings. The summed E-state index contributed by atoms with van der Waals surface area (Å²) in [6.07, 6.45) is 6.20. The van der Waals surface area contributed by atoms with Crippen LogP contribution in [0.15, 0.2) is 41.1 Å². The van der Waals surface area contributed by atoms with Gasteiger partial charge in [-0.25, -0.2) is 0 Å². The van der Waals surface area contributed by atoms with Gasteiger partial charge in [-0.3, -0.25) is 4.98 Å². The summed E-state index contributed by atoms with van der Waals surface area (Å²) in [6, 6.07) is 8.63. The molecular formula is C16H17BrN2O. The van der Waals surface area contributed by atoms with E-state index in [0.717, 1.165) is 33.6 Å². The quantitative estimate of drug-likeness (QED) is 0.891. The van der Waals surface area contributed by atoms with Crippen molar-refractivity contribution in [3.63, 3.8) is 0 Å². The van der Waals surface area contributed by atoms with Crippen LogP contribution in [0.2, 0.25) is 0 Å². The Morgan fingerprint density at radius 3 is 2.90 bits per heavy atom. The van der Waals surface area contributed by atoms with Gasteiger partial charge in [-0.15, -0.1) is 0 Å². The smallest absolute Gasteiger partial charge is 0.135 e. The molecule has 0 aliphatic heterocycles. The van der Waals surface area contributed by atoms with Crippen LogP contribution in [-0.2, 0) is 6.54 Å². The Bertz CT molecular complexity index is 611. The minimum Gasteiger partial charge on any atom is -0.457 e. The summed E-state index contributed by atoms with van der Waals surface area (Å²) < 4.78 is 7.11. The molecule has 0 amide bonds. The van der Waals surface area contributed by atoms with Crippen LogP contribution < -0.4 is 10.1 Å². The second-order valence-electron chi connectivity index (χ2n) is 5.15. The largest absolute Gasteiger partial charge is 0.457 e. The maximum absolute atomic E-state index is 6.05. The molecule has 1 aromatic heterocycles. The fraction of sp³-hybridized carbons (Fsp3) is 0.312. The zero-order chi connectivity index (χ0) is 13.9. The monoisotopic (exact) mass is 332 g/mol. The van der Waals surface area contributed by atoms with Crippen molar-refractivity contribution in [2.75, 3.05) is 0 Å². The predicted octanol–water partition coefficient (Wildman–Crippen LogP) is 4.20. The molecule has 4 heteroatoms. The van der Waals surface area contributed by atoms with E-state index in [9.17, 15) is 0 Å². The average Bonchev–Trinajstić information content (AvgIpc) is 3.25. The normalized spacial score (nSPS) is 14.3. The van der Waals surface area contributed by atoms with E-state index >= 15 is 0 Å². The molecule has 3 rings (SSSR count). The molecule has 0 unspecified atom stereocenters. The van der Waals surface area contributed by atoms with Crippen molar-refractivity contribution in [3.05, 3.63) is 52.3 Å². The number of aromatic nitrogens is 1. The maximum Gasteiger partial charge on any atom is 0.135 e. The third-order valence-electron chi connectivity index (χ3n) is 3.37. The van der Waals surface area contributed by atoms with Crippen LogP contribution in [0.1, 0.15) is 24.0 Å². The van der Waals surface area contributed by atoms with Gasteiger partial charge >= 0.3 is 0 Å². The van der Waals surface area contributed by atoms with Gasteiger partial charge in [-0.1, -0.05) is 15.9 Å². The van der Waals surface area contributed by atoms with Gasteiger partial charge in [-0.05, 0) is 49.6 Å². The number of hydrogen-bond donors (Lipinski definition) is 1. The molecule has 1 aliphatic rings. The van der Waals surface area contributed by atoms with Crippen LogP contribution in [0.4, 0.5) is 0 Å². The van der Waals surface area contributed by atoms with Crippen molar-refractivity contribution in [1.82, 2.24) is 10.3 Å². The fourth-order valence-electron chi connectivity index (χ4n) is 2.03. The maximum atomic E-state index is 6.05. The number of nitrogens with one attached hydrogen (secondary N) is 1. The summed E-state index contributed by atoms with van der Waals surface area (Å²) in [5, 5.41) is 3.50. The third-order valence-corrected chi connectivity index (χ3v) is 3.87. The molecule has 0 saturated heterocycles. The number of aryl methyl sites for hydroxylation is 1. The molecule has 1 aromatic carbocycles. The lowest BCUT2D eigenvalue weighted by Gasteiger charge is -2.13. The van der Waals surface area contributed by atoms with E-state index in [1.54, 1.807) is 6.20 Å². The zero-order valence-corrected chi connectivity index (χ0v) is 13.0. The molecule has 1 heterocycles. The van der Waals surface area contributed by atoms with E-state index in [4.69, 9.17) is 4.74 Å². The van der Waals surface area contributed by atoms with Crippen molar-refractivity contribution in [1.29, 1.82) is 0 Å². The second-order valence-corrected chi connectivity index (χ2v) is 6.07. The molecule has 3 nitrogen and oxygen atoms in total. The Labute approximate surface area is 127 Å². The number of nitrogens with zero attached hydrogens (tertiary/aromatic N) is 1. The molecule has 0 bridgehead atoms. The molecule has 1 fully saturated rings. The Kier molecular flexibility index (Phi) is 4.03. The highest BCUT2D eigenvalue weighted by Gasteiger charge is 2.20. The van der Waals surface area contributed by atoms with Crippen LogP contribution in [0.3, 0.4) is 0 Å². The van der Waals surface area contributed by atoms with Crippen LogP contribution in [0, 0.1) is 6.92 Å². The lowest BCUT2D eigenvalue weighted by atomic mass is 10.2. The first kappa shape index (κ1) is 13.6. The lowest BCUT2D eigenvalue weighted by molar-refractivity contribution is 0.468. The predicted molar refractivity (Wildman–Crippen MR) is 83.1 cm³/mol. The van der Waals surface area contributed by atoms with Crippen LogP contribution in [0.25, 0.3) is 0 Å². The van der Waals surface area contributed by atoms with Crippen LogP contribution in [-0.4, -0.2) is 11.0 Å². The standard InChI is InChI=1S/C16H17BrN2O/c1-11-8-13(17)2-5-15(11)20-16-6-7-18-9-12(16)10-19-14-3-4-14/h2,5-9,14,19H,3-4,10H2,1H3. The molecule has 0 radical (unpaired) electrons. The van der Waals surface area contributed by atoms with E-state index < -0.39 is 0 Å². The Morgan fingerprint density at radius 2 is 2.15 bits per heavy atom. The van der Waals surface area contributed by atoms with Crippen molar-refractivity contribution in [2.45, 2.75) is 32.4 Å². The highest BCUT2D eigenvalue weighted by molar-refractivity contribution is 9.10. The summed E-state index contributed by atoms with van der Waals surface area (Å²) in [7, 11) is 0. The van der Waals surface area contributed by atoms with Crippen molar-refractivity contribution in [2.24, 2.45) is 0 Å². The second kappa shape index (κ2) is 5.94. The topological polar surface area (TPSA) is 34.1 Å². The van der Waals surface area contributed by atoms with Gasteiger partial charge in [0.2, 0.25) is 0 Å². The van der Waals surface area contributed by atoms with Crippen molar-refractivity contribution < 1.29 is 4.74 Å². The van der Waals surface area contributed by atoms with Gasteiger partial charge in [0.25, 0.3) is 0 Å². The first-order valence-electron chi connectivity index (χ1n) is 6.82. The van der Waals surface area contributed by atoms with E-state index in [0.29, 0.717) is 6.04 Å². The molecule has 0 atom stereocenters. The highest BCUT2D eigenvalue weighted by atomic mass is 79.9. The van der Waals surface area contributed by atoms with Gasteiger partial charge in [0.1, 0.15) is 11.5 Å². The van der Waals surface area contributed by atoms with Gasteiger partial charge in [0.05, 0.1) is 0 Å². The average molecular weight is 333 g/mol. The van der Waals surface area contributed by atoms with E-state index in [-0.39, 0.29) is 0 Å². The summed E-state index contributed by atoms with van der Waals surface area (Å²) in [5.74, 6) is 1.76. The van der Waals surface area contributed by atoms with Crippen molar-refractivity contribution >= 4 is 15.9 Å². The molecule has 20 heavy (non-hydrogen) atoms. The summed E-state index contributed by atoms with van der Waals surface area (Å²) in [5.41, 5.74) is 2.21. The number of hydrogen-bond acceptors (Lipinski definition) is 3. The molecule has 1 saturated carbocycles. The number of halogens is 1. The minimum atomic E-state index is 0.678. The molecule has 0 spiro atoms. The van der Waals surface area contributed by atoms with Gasteiger partial charge in [-0.2, -0.15) is 0 Å². The van der Waals surface area contributed by atoms with E-state index in [2.05, 4.69) is 32.3 Å². The Hall–Kier alpha value is -1.39. The number of rotatable bonds is 5. The van der Waals surface area contributed by atoms with Gasteiger partial charge in [0, 0.05) is 35.0 Å². The fourth-order valence-corrected chi connectivity index (χ4v) is 2.51. The highest BCUT2D eigenvalue weighted by Crippen LogP contribution is 2.29. The molecule has 1 aliphatic carbocycles. The zero-order valence-electron chi connectivity index (χ0n) is 11.4. The number of ether oxygens (including phenoxy) is 1. The summed E-state index contributed by atoms with van der Waals surface area (Å²) in [4.78, 5) is 4.19. The van der Waals surface area contributed by atoms with E-state index in [1.807, 2.05) is 31.3 Å². The summed E-state index contributed by atoms with van der Waals surface area (Å²) in [6.45, 7) is 2.85. The summed E-state index contributed by atoms with van der Waals surface area (Å²) >= 11 is 3.47. The Balaban J connectivity index is 1.78. The first-order chi connectivity index (χ1) is 9.72. The third kappa shape index (κ3) is 3.38. The van der Waals surface area contributed by atoms with Crippen LogP contribution in [0.5, 0.6) is 11.5 Å². The molecule has 104 valence electrons. The molecular weight excluding hydrogens is 316 g/mol. The van der Waals surface area contributed by atoms with Gasteiger partial charge in [0.15, 0.2) is 0 Å². The Morgan fingerprint density at radius 1 is 1.30 bits per heavy atom. The van der Waals surface area contributed by atoms with Crippen LogP contribution >= 0.6 is 15.9 Å². The van der Waals surface area contributed by atoms with Crippen molar-refractivity contribution in [3.8, 4) is 11.5 Å². The lowest BCUT2D eigenvalue weighted by Crippen LogP contribution is -2.15. The van der Waals surface area contributed by atoms with E-state index in [1.165, 1.54) is 12.8 Å². The SMILES string of the molecule is Cc1cc(Br)ccc1Oc1ccncc1CNC1CC1.